The Morgan fingerprint density at radius 2 is 1.59 bits per heavy atom. The Kier molecular flexibility index (Phi) is 6.65. The molecule has 3 rings (SSSR count). The molecule has 0 aliphatic carbocycles. The van der Waals surface area contributed by atoms with E-state index in [4.69, 9.17) is 0 Å². The third kappa shape index (κ3) is 5.14. The van der Waals surface area contributed by atoms with E-state index in [1.165, 1.54) is 19.2 Å². The third-order valence-corrected chi connectivity index (χ3v) is 6.43. The minimum absolute atomic E-state index is 0.0437. The van der Waals surface area contributed by atoms with Crippen LogP contribution in [-0.2, 0) is 22.7 Å². The lowest BCUT2D eigenvalue weighted by molar-refractivity contribution is -0.136. The van der Waals surface area contributed by atoms with Crippen LogP contribution in [0.15, 0.2) is 77.7 Å². The normalized spacial score (nSPS) is 12.1. The lowest BCUT2D eigenvalue weighted by atomic mass is 10.1. The van der Waals surface area contributed by atoms with Crippen LogP contribution in [0, 0.1) is 5.82 Å². The molecule has 0 spiro atoms. The molecule has 0 radical (unpaired) electrons. The minimum Gasteiger partial charge on any atom is -0.321 e. The topological polar surface area (TPSA) is 66.5 Å². The minimum atomic E-state index is -4.71. The number of alkyl halides is 3. The van der Waals surface area contributed by atoms with E-state index in [0.717, 1.165) is 34.6 Å². The largest absolute Gasteiger partial charge is 0.418 e. The molecular formula is C22H18F4N2O3S. The van der Waals surface area contributed by atoms with Crippen molar-refractivity contribution in [1.82, 2.24) is 4.31 Å². The summed E-state index contributed by atoms with van der Waals surface area (Å²) in [5.41, 5.74) is -1.21. The van der Waals surface area contributed by atoms with Crippen molar-refractivity contribution in [3.05, 3.63) is 95.3 Å². The zero-order valence-electron chi connectivity index (χ0n) is 16.7. The van der Waals surface area contributed by atoms with Crippen molar-refractivity contribution in [3.63, 3.8) is 0 Å². The molecule has 10 heteroatoms. The van der Waals surface area contributed by atoms with Gasteiger partial charge in [0.25, 0.3) is 5.91 Å². The van der Waals surface area contributed by atoms with Gasteiger partial charge in [-0.2, -0.15) is 17.5 Å². The van der Waals surface area contributed by atoms with Crippen LogP contribution >= 0.6 is 0 Å². The molecule has 0 bridgehead atoms. The van der Waals surface area contributed by atoms with Gasteiger partial charge >= 0.3 is 6.18 Å². The van der Waals surface area contributed by atoms with Crippen LogP contribution in [0.3, 0.4) is 0 Å². The van der Waals surface area contributed by atoms with E-state index in [-0.39, 0.29) is 12.1 Å². The first-order valence-electron chi connectivity index (χ1n) is 9.27. The fourth-order valence-electron chi connectivity index (χ4n) is 2.97. The molecule has 0 saturated carbocycles. The number of para-hydroxylation sites is 1. The highest BCUT2D eigenvalue weighted by Crippen LogP contribution is 2.34. The van der Waals surface area contributed by atoms with Gasteiger partial charge in [-0.05, 0) is 35.9 Å². The van der Waals surface area contributed by atoms with Crippen molar-refractivity contribution in [2.75, 3.05) is 12.4 Å². The number of hydrogen-bond donors (Lipinski definition) is 1. The summed E-state index contributed by atoms with van der Waals surface area (Å²) in [6, 6.07) is 15.5. The van der Waals surface area contributed by atoms with E-state index in [9.17, 15) is 30.8 Å². The first-order chi connectivity index (χ1) is 15.0. The highest BCUT2D eigenvalue weighted by atomic mass is 32.2. The van der Waals surface area contributed by atoms with Crippen LogP contribution < -0.4 is 5.32 Å². The summed E-state index contributed by atoms with van der Waals surface area (Å²) in [4.78, 5) is 11.8. The van der Waals surface area contributed by atoms with E-state index < -0.39 is 44.1 Å². The maximum Gasteiger partial charge on any atom is 0.418 e. The predicted molar refractivity (Wildman–Crippen MR) is 111 cm³/mol. The number of nitrogens with zero attached hydrogens (tertiary/aromatic N) is 1. The Balaban J connectivity index is 1.89. The highest BCUT2D eigenvalue weighted by Gasteiger charge is 2.34. The molecule has 0 atom stereocenters. The molecule has 3 aromatic rings. The number of amides is 1. The Morgan fingerprint density at radius 1 is 0.969 bits per heavy atom. The summed E-state index contributed by atoms with van der Waals surface area (Å²) in [6.45, 7) is -0.0437. The Labute approximate surface area is 182 Å². The maximum absolute atomic E-state index is 14.4. The average molecular weight is 466 g/mol. The molecule has 1 amide bonds. The van der Waals surface area contributed by atoms with E-state index in [1.54, 1.807) is 30.3 Å². The summed E-state index contributed by atoms with van der Waals surface area (Å²) < 4.78 is 80.5. The van der Waals surface area contributed by atoms with E-state index in [2.05, 4.69) is 5.32 Å². The summed E-state index contributed by atoms with van der Waals surface area (Å²) in [5, 5.41) is 2.11. The highest BCUT2D eigenvalue weighted by molar-refractivity contribution is 7.89. The average Bonchev–Trinajstić information content (AvgIpc) is 2.74. The van der Waals surface area contributed by atoms with Crippen LogP contribution in [0.25, 0.3) is 0 Å². The molecule has 168 valence electrons. The fraction of sp³-hybridized carbons (Fsp3) is 0.136. The number of sulfonamides is 1. The Morgan fingerprint density at radius 3 is 2.25 bits per heavy atom. The summed E-state index contributed by atoms with van der Waals surface area (Å²) in [6.07, 6.45) is -4.71. The van der Waals surface area contributed by atoms with Crippen LogP contribution in [0.1, 0.15) is 21.5 Å². The number of anilines is 1. The van der Waals surface area contributed by atoms with E-state index >= 15 is 0 Å². The first kappa shape index (κ1) is 23.4. The predicted octanol–water partition coefficient (Wildman–Crippen LogP) is 4.92. The first-order valence-corrected chi connectivity index (χ1v) is 10.7. The van der Waals surface area contributed by atoms with Crippen molar-refractivity contribution >= 4 is 21.6 Å². The smallest absolute Gasteiger partial charge is 0.321 e. The second kappa shape index (κ2) is 9.09. The molecule has 32 heavy (non-hydrogen) atoms. The molecule has 0 saturated heterocycles. The molecule has 0 fully saturated rings. The van der Waals surface area contributed by atoms with Gasteiger partial charge in [0.15, 0.2) is 0 Å². The number of halogens is 4. The van der Waals surface area contributed by atoms with Crippen LogP contribution in [-0.4, -0.2) is 25.7 Å². The number of carbonyl (C=O) groups excluding carboxylic acids is 1. The molecule has 0 aliphatic heterocycles. The number of carbonyl (C=O) groups is 1. The summed E-state index contributed by atoms with van der Waals surface area (Å²) >= 11 is 0. The van der Waals surface area contributed by atoms with Gasteiger partial charge in [0.2, 0.25) is 10.0 Å². The fourth-order valence-corrected chi connectivity index (χ4v) is 4.21. The quantitative estimate of drug-likeness (QED) is 0.525. The van der Waals surface area contributed by atoms with Crippen molar-refractivity contribution in [1.29, 1.82) is 0 Å². The molecule has 5 nitrogen and oxygen atoms in total. The van der Waals surface area contributed by atoms with Crippen molar-refractivity contribution in [2.45, 2.75) is 17.6 Å². The number of benzene rings is 3. The zero-order chi connectivity index (χ0) is 23.5. The molecule has 1 N–H and O–H groups in total. The molecule has 0 aromatic heterocycles. The van der Waals surface area contributed by atoms with Crippen LogP contribution in [0.4, 0.5) is 23.2 Å². The molecule has 0 aliphatic rings. The van der Waals surface area contributed by atoms with Gasteiger partial charge in [-0.3, -0.25) is 4.79 Å². The standard InChI is InChI=1S/C22H18F4N2O3S/c1-28(14-15-7-3-2-4-8-15)32(30,31)20-13-16(11-12-18(20)23)21(29)27-19-10-6-5-9-17(19)22(24,25)26/h2-13H,14H2,1H3,(H,27,29). The van der Waals surface area contributed by atoms with Gasteiger partial charge in [-0.1, -0.05) is 42.5 Å². The number of rotatable bonds is 6. The monoisotopic (exact) mass is 466 g/mol. The van der Waals surface area contributed by atoms with Gasteiger partial charge in [-0.25, -0.2) is 12.8 Å². The maximum atomic E-state index is 14.4. The number of hydrogen-bond acceptors (Lipinski definition) is 3. The third-order valence-electron chi connectivity index (χ3n) is 4.61. The van der Waals surface area contributed by atoms with Gasteiger partial charge in [0.05, 0.1) is 11.3 Å². The summed E-state index contributed by atoms with van der Waals surface area (Å²) in [7, 11) is -3.07. The van der Waals surface area contributed by atoms with E-state index in [0.29, 0.717) is 5.56 Å². The van der Waals surface area contributed by atoms with Crippen LogP contribution in [0.5, 0.6) is 0 Å². The van der Waals surface area contributed by atoms with Crippen molar-refractivity contribution in [2.24, 2.45) is 0 Å². The molecular weight excluding hydrogens is 448 g/mol. The summed E-state index contributed by atoms with van der Waals surface area (Å²) in [5.74, 6) is -2.10. The lowest BCUT2D eigenvalue weighted by Crippen LogP contribution is -2.27. The SMILES string of the molecule is CN(Cc1ccccc1)S(=O)(=O)c1cc(C(=O)Nc2ccccc2C(F)(F)F)ccc1F. The van der Waals surface area contributed by atoms with E-state index in [1.807, 2.05) is 0 Å². The molecule has 0 heterocycles. The van der Waals surface area contributed by atoms with Crippen LogP contribution in [0.2, 0.25) is 0 Å². The number of nitrogens with one attached hydrogen (secondary N) is 1. The zero-order valence-corrected chi connectivity index (χ0v) is 17.5. The second-order valence-corrected chi connectivity index (χ2v) is 8.90. The van der Waals surface area contributed by atoms with Gasteiger partial charge in [0.1, 0.15) is 10.7 Å². The van der Waals surface area contributed by atoms with Gasteiger partial charge in [-0.15, -0.1) is 0 Å². The van der Waals surface area contributed by atoms with Crippen molar-refractivity contribution < 1.29 is 30.8 Å². The lowest BCUT2D eigenvalue weighted by Gasteiger charge is -2.18. The molecule has 0 unspecified atom stereocenters. The molecule has 3 aromatic carbocycles. The van der Waals surface area contributed by atoms with Gasteiger partial charge < -0.3 is 5.32 Å². The van der Waals surface area contributed by atoms with Gasteiger partial charge in [0, 0.05) is 19.2 Å². The Bertz CT molecular complexity index is 1230. The van der Waals surface area contributed by atoms with Crippen molar-refractivity contribution in [3.8, 4) is 0 Å². The Hall–Kier alpha value is -3.24. The second-order valence-electron chi connectivity index (χ2n) is 6.89.